The fraction of sp³-hybridized carbons (Fsp3) is 0.562. The van der Waals surface area contributed by atoms with E-state index in [9.17, 15) is 19.8 Å². The van der Waals surface area contributed by atoms with Crippen molar-refractivity contribution in [2.45, 2.75) is 89.6 Å². The number of hydrogen-bond acceptors (Lipinski definition) is 8. The molecule has 5 atom stereocenters. The summed E-state index contributed by atoms with van der Waals surface area (Å²) >= 11 is 0. The van der Waals surface area contributed by atoms with Gasteiger partial charge in [-0.05, 0) is 71.2 Å². The second kappa shape index (κ2) is 10.7. The summed E-state index contributed by atoms with van der Waals surface area (Å²) in [5, 5.41) is 23.4. The van der Waals surface area contributed by atoms with Gasteiger partial charge in [0.15, 0.2) is 6.23 Å². The Morgan fingerprint density at radius 3 is 2.65 bits per heavy atom. The largest absolute Gasteiger partial charge is 0.497 e. The molecule has 11 heteroatoms. The van der Waals surface area contributed by atoms with E-state index in [0.717, 1.165) is 11.0 Å². The van der Waals surface area contributed by atoms with Crippen LogP contribution in [-0.2, 0) is 24.1 Å². The number of carbonyl (C=O) groups excluding carboxylic acids is 2. The molecule has 0 saturated carbocycles. The van der Waals surface area contributed by atoms with Gasteiger partial charge in [0.05, 0.1) is 37.6 Å². The first-order valence-corrected chi connectivity index (χ1v) is 14.9. The van der Waals surface area contributed by atoms with Crippen molar-refractivity contribution < 1.29 is 39.1 Å². The molecule has 0 aliphatic carbocycles. The Morgan fingerprint density at radius 1 is 1.19 bits per heavy atom. The van der Waals surface area contributed by atoms with Gasteiger partial charge in [0.1, 0.15) is 23.5 Å². The van der Waals surface area contributed by atoms with E-state index < -0.39 is 41.6 Å². The van der Waals surface area contributed by atoms with Gasteiger partial charge in [-0.3, -0.25) is 14.5 Å². The number of benzene rings is 1. The molecule has 2 fully saturated rings. The number of carbonyl (C=O) groups is 2. The number of methoxy groups -OCH3 is 1. The van der Waals surface area contributed by atoms with E-state index in [-0.39, 0.29) is 25.5 Å². The summed E-state index contributed by atoms with van der Waals surface area (Å²) in [6, 6.07) is 4.15. The van der Waals surface area contributed by atoms with Crippen LogP contribution in [0.15, 0.2) is 41.5 Å². The molecule has 0 radical (unpaired) electrons. The Bertz CT molecular complexity index is 1520. The molecule has 4 aliphatic rings. The maximum atomic E-state index is 14.4. The van der Waals surface area contributed by atoms with Gasteiger partial charge in [-0.1, -0.05) is 11.6 Å². The summed E-state index contributed by atoms with van der Waals surface area (Å²) in [5.74, 6) is -0.246. The third-order valence-corrected chi connectivity index (χ3v) is 9.01. The molecule has 1 aromatic carbocycles. The first-order chi connectivity index (χ1) is 20.4. The Balaban J connectivity index is 1.71. The second-order valence-corrected chi connectivity index (χ2v) is 12.9. The number of aliphatic hydroxyl groups excluding tert-OH is 1. The average molecular weight is 596 g/mol. The normalized spacial score (nSPS) is 30.0. The molecule has 5 heterocycles. The van der Waals surface area contributed by atoms with E-state index in [2.05, 4.69) is 0 Å². The monoisotopic (exact) mass is 595 g/mol. The number of hydrogen-bond donors (Lipinski definition) is 2. The van der Waals surface area contributed by atoms with Crippen LogP contribution in [0, 0.1) is 0 Å². The molecular weight excluding hydrogens is 554 g/mol. The van der Waals surface area contributed by atoms with E-state index in [4.69, 9.17) is 19.2 Å². The number of ether oxygens (including phenoxy) is 2. The van der Waals surface area contributed by atoms with E-state index in [1.54, 1.807) is 20.1 Å². The predicted octanol–water partition coefficient (Wildman–Crippen LogP) is 3.82. The van der Waals surface area contributed by atoms with Gasteiger partial charge in [-0.2, -0.15) is 0 Å². The van der Waals surface area contributed by atoms with Gasteiger partial charge in [0.25, 0.3) is 11.6 Å². The lowest BCUT2D eigenvalue weighted by molar-refractivity contribution is -0.391. The molecule has 0 spiro atoms. The summed E-state index contributed by atoms with van der Waals surface area (Å²) in [7, 11) is 1.58. The van der Waals surface area contributed by atoms with Gasteiger partial charge >= 0.3 is 0 Å². The van der Waals surface area contributed by atoms with Crippen molar-refractivity contribution in [3.63, 3.8) is 0 Å². The van der Waals surface area contributed by atoms with E-state index in [1.807, 2.05) is 56.5 Å². The number of fused-ring (bicyclic) bond motifs is 6. The zero-order valence-electron chi connectivity index (χ0n) is 25.6. The first kappa shape index (κ1) is 29.8. The Morgan fingerprint density at radius 2 is 1.95 bits per heavy atom. The SMILES string of the molecule is COc1ccc2c3c4n(c2c1)C(C=C(C)CO)OOC(C)(C)CC4N1C(=O)C2CCCN2C(=O)C1(O)C3OCC=C(C)C. The van der Waals surface area contributed by atoms with Crippen LogP contribution in [0.2, 0.25) is 0 Å². The van der Waals surface area contributed by atoms with Crippen molar-refractivity contribution in [3.05, 3.63) is 52.8 Å². The highest BCUT2D eigenvalue weighted by Crippen LogP contribution is 2.56. The third kappa shape index (κ3) is 4.60. The van der Waals surface area contributed by atoms with Crippen molar-refractivity contribution >= 4 is 22.7 Å². The zero-order valence-corrected chi connectivity index (χ0v) is 25.6. The van der Waals surface area contributed by atoms with Crippen LogP contribution in [0.3, 0.4) is 0 Å². The van der Waals surface area contributed by atoms with Crippen molar-refractivity contribution in [3.8, 4) is 5.75 Å². The van der Waals surface area contributed by atoms with Crippen LogP contribution in [0.1, 0.15) is 83.5 Å². The van der Waals surface area contributed by atoms with Gasteiger partial charge in [0, 0.05) is 30.0 Å². The van der Waals surface area contributed by atoms with E-state index >= 15 is 0 Å². The molecule has 5 unspecified atom stereocenters. The molecule has 11 nitrogen and oxygen atoms in total. The Kier molecular flexibility index (Phi) is 7.45. The Hall–Kier alpha value is -3.22. The van der Waals surface area contributed by atoms with Crippen LogP contribution in [0.4, 0.5) is 0 Å². The van der Waals surface area contributed by atoms with Gasteiger partial charge < -0.3 is 29.2 Å². The van der Waals surface area contributed by atoms with Gasteiger partial charge in [0.2, 0.25) is 5.91 Å². The minimum absolute atomic E-state index is 0.124. The molecule has 43 heavy (non-hydrogen) atoms. The van der Waals surface area contributed by atoms with Crippen molar-refractivity contribution in [2.75, 3.05) is 26.9 Å². The lowest BCUT2D eigenvalue weighted by Gasteiger charge is -2.56. The highest BCUT2D eigenvalue weighted by Gasteiger charge is 2.67. The lowest BCUT2D eigenvalue weighted by Crippen LogP contribution is -2.74. The maximum absolute atomic E-state index is 14.4. The van der Waals surface area contributed by atoms with Crippen LogP contribution >= 0.6 is 0 Å². The molecule has 2 amide bonds. The number of amides is 2. The number of aliphatic hydroxyl groups is 2. The number of rotatable bonds is 6. The minimum atomic E-state index is -2.29. The summed E-state index contributed by atoms with van der Waals surface area (Å²) in [6.07, 6.45) is 3.04. The average Bonchev–Trinajstić information content (AvgIpc) is 3.58. The Labute approximate surface area is 251 Å². The van der Waals surface area contributed by atoms with E-state index in [0.29, 0.717) is 47.5 Å². The maximum Gasteiger partial charge on any atom is 0.279 e. The van der Waals surface area contributed by atoms with Crippen LogP contribution < -0.4 is 4.74 Å². The van der Waals surface area contributed by atoms with Crippen molar-refractivity contribution in [2.24, 2.45) is 0 Å². The summed E-state index contributed by atoms with van der Waals surface area (Å²) in [5.41, 5.74) is 0.442. The summed E-state index contributed by atoms with van der Waals surface area (Å²) in [6.45, 7) is 9.71. The second-order valence-electron chi connectivity index (χ2n) is 12.9. The lowest BCUT2D eigenvalue weighted by atomic mass is 9.79. The number of allylic oxidation sites excluding steroid dienone is 1. The van der Waals surface area contributed by atoms with Crippen LogP contribution in [0.5, 0.6) is 5.75 Å². The first-order valence-electron chi connectivity index (χ1n) is 14.9. The zero-order chi connectivity index (χ0) is 30.8. The minimum Gasteiger partial charge on any atom is -0.497 e. The molecule has 0 bridgehead atoms. The molecule has 4 aliphatic heterocycles. The molecule has 1 aromatic heterocycles. The number of nitrogens with zero attached hydrogens (tertiary/aromatic N) is 3. The smallest absolute Gasteiger partial charge is 0.279 e. The van der Waals surface area contributed by atoms with Crippen LogP contribution in [0.25, 0.3) is 10.9 Å². The summed E-state index contributed by atoms with van der Waals surface area (Å²) < 4.78 is 14.0. The predicted molar refractivity (Wildman–Crippen MR) is 157 cm³/mol. The highest BCUT2D eigenvalue weighted by atomic mass is 17.2. The van der Waals surface area contributed by atoms with Crippen molar-refractivity contribution in [1.82, 2.24) is 14.4 Å². The van der Waals surface area contributed by atoms with Gasteiger partial charge in [-0.25, -0.2) is 9.78 Å². The molecule has 2 saturated heterocycles. The van der Waals surface area contributed by atoms with Crippen molar-refractivity contribution in [1.29, 1.82) is 0 Å². The van der Waals surface area contributed by atoms with E-state index in [1.165, 1.54) is 9.80 Å². The third-order valence-electron chi connectivity index (χ3n) is 9.01. The molecule has 2 N–H and O–H groups in total. The standard InChI is InChI=1S/C32H41N3O8/c1-18(2)11-13-41-28-26-21-10-9-20(40-6)15-23(21)34-25(14-19(3)17-36)42-43-31(4,5)16-24(27(26)34)35-29(37)22-8-7-12-33(22)30(38)32(28,35)39/h9-11,14-15,22,24-25,28,36,39H,7-8,12-13,16-17H2,1-6H3. The van der Waals surface area contributed by atoms with Crippen LogP contribution in [-0.4, -0.2) is 80.6 Å². The van der Waals surface area contributed by atoms with Gasteiger partial charge in [-0.15, -0.1) is 0 Å². The fourth-order valence-corrected chi connectivity index (χ4v) is 7.03. The topological polar surface area (TPSA) is 123 Å². The number of piperazine rings is 1. The molecule has 232 valence electrons. The fourth-order valence-electron chi connectivity index (χ4n) is 7.03. The quantitative estimate of drug-likeness (QED) is 0.382. The highest BCUT2D eigenvalue weighted by molar-refractivity contribution is 6.02. The number of aromatic nitrogens is 1. The summed E-state index contributed by atoms with van der Waals surface area (Å²) in [4.78, 5) is 43.8. The molecular formula is C32H41N3O8. The molecule has 6 rings (SSSR count). The molecule has 2 aromatic rings.